The van der Waals surface area contributed by atoms with Crippen molar-refractivity contribution in [2.75, 3.05) is 14.2 Å². The molecule has 0 aliphatic heterocycles. The van der Waals surface area contributed by atoms with E-state index in [4.69, 9.17) is 4.74 Å². The fourth-order valence-electron chi connectivity index (χ4n) is 1.55. The number of carbonyl (C=O) groups excluding carboxylic acids is 1. The van der Waals surface area contributed by atoms with Crippen LogP contribution in [-0.4, -0.2) is 34.7 Å². The highest BCUT2D eigenvalue weighted by molar-refractivity contribution is 5.87. The Kier molecular flexibility index (Phi) is 5.71. The Bertz CT molecular complexity index is 579. The molecule has 6 heteroatoms. The number of esters is 1. The van der Waals surface area contributed by atoms with E-state index >= 15 is 0 Å². The zero-order valence-electron chi connectivity index (χ0n) is 12.4. The molecule has 0 bridgehead atoms. The molecule has 2 rings (SSSR count). The van der Waals surface area contributed by atoms with Gasteiger partial charge in [-0.05, 0) is 19.1 Å². The highest BCUT2D eigenvalue weighted by Crippen LogP contribution is 2.21. The SMILES string of the molecule is CC.COC(=O)c1ccc(-n2cnc(C)c2)c(OC)n1. The van der Waals surface area contributed by atoms with Crippen LogP contribution in [-0.2, 0) is 4.74 Å². The number of methoxy groups -OCH3 is 2. The Balaban J connectivity index is 0.000000956. The summed E-state index contributed by atoms with van der Waals surface area (Å²) in [6.45, 7) is 5.89. The third kappa shape index (κ3) is 3.34. The van der Waals surface area contributed by atoms with Crippen molar-refractivity contribution in [1.82, 2.24) is 14.5 Å². The zero-order chi connectivity index (χ0) is 15.1. The number of carbonyl (C=O) groups is 1. The molecule has 0 aliphatic carbocycles. The highest BCUT2D eigenvalue weighted by Gasteiger charge is 2.13. The molecular weight excluding hydrogens is 258 g/mol. The van der Waals surface area contributed by atoms with E-state index in [1.807, 2.05) is 27.0 Å². The predicted octanol–water partition coefficient (Wildman–Crippen LogP) is 2.40. The van der Waals surface area contributed by atoms with Gasteiger partial charge in [-0.2, -0.15) is 0 Å². The van der Waals surface area contributed by atoms with E-state index in [1.54, 1.807) is 23.0 Å². The molecule has 0 aliphatic rings. The van der Waals surface area contributed by atoms with Crippen LogP contribution in [0.3, 0.4) is 0 Å². The van der Waals surface area contributed by atoms with Gasteiger partial charge in [-0.1, -0.05) is 13.8 Å². The van der Waals surface area contributed by atoms with Crippen LogP contribution in [0.25, 0.3) is 5.69 Å². The summed E-state index contributed by atoms with van der Waals surface area (Å²) >= 11 is 0. The molecule has 0 radical (unpaired) electrons. The van der Waals surface area contributed by atoms with Gasteiger partial charge in [0.05, 0.1) is 26.2 Å². The average Bonchev–Trinajstić information content (AvgIpc) is 2.94. The molecule has 0 atom stereocenters. The van der Waals surface area contributed by atoms with Crippen LogP contribution in [0.5, 0.6) is 5.88 Å². The summed E-state index contributed by atoms with van der Waals surface area (Å²) in [6, 6.07) is 3.32. The number of hydrogen-bond acceptors (Lipinski definition) is 5. The lowest BCUT2D eigenvalue weighted by Crippen LogP contribution is -2.07. The van der Waals surface area contributed by atoms with E-state index < -0.39 is 5.97 Å². The first kappa shape index (κ1) is 15.7. The first-order valence-electron chi connectivity index (χ1n) is 6.30. The van der Waals surface area contributed by atoms with Gasteiger partial charge in [-0.15, -0.1) is 0 Å². The standard InChI is InChI=1S/C12H13N3O3.C2H6/c1-8-6-15(7-13-8)10-5-4-9(12(16)18-3)14-11(10)17-2;1-2/h4-7H,1-3H3;1-2H3. The molecule has 0 spiro atoms. The van der Waals surface area contributed by atoms with E-state index in [9.17, 15) is 4.79 Å². The Morgan fingerprint density at radius 3 is 2.45 bits per heavy atom. The summed E-state index contributed by atoms with van der Waals surface area (Å²) < 4.78 is 11.6. The lowest BCUT2D eigenvalue weighted by molar-refractivity contribution is 0.0593. The minimum atomic E-state index is -0.498. The van der Waals surface area contributed by atoms with Gasteiger partial charge in [-0.3, -0.25) is 0 Å². The summed E-state index contributed by atoms with van der Waals surface area (Å²) in [5.74, 6) is -0.156. The van der Waals surface area contributed by atoms with Crippen LogP contribution < -0.4 is 4.74 Å². The van der Waals surface area contributed by atoms with Crippen LogP contribution in [0.1, 0.15) is 30.0 Å². The molecule has 0 unspecified atom stereocenters. The van der Waals surface area contributed by atoms with E-state index in [-0.39, 0.29) is 5.69 Å². The van der Waals surface area contributed by atoms with Crippen molar-refractivity contribution in [1.29, 1.82) is 0 Å². The number of aromatic nitrogens is 3. The number of imidazole rings is 1. The number of pyridine rings is 1. The lowest BCUT2D eigenvalue weighted by Gasteiger charge is -2.09. The minimum Gasteiger partial charge on any atom is -0.479 e. The Hall–Kier alpha value is -2.37. The quantitative estimate of drug-likeness (QED) is 0.806. The fourth-order valence-corrected chi connectivity index (χ4v) is 1.55. The Labute approximate surface area is 118 Å². The van der Waals surface area contributed by atoms with Crippen LogP contribution in [0.2, 0.25) is 0 Å². The Morgan fingerprint density at radius 1 is 1.25 bits per heavy atom. The van der Waals surface area contributed by atoms with Crippen molar-refractivity contribution in [2.45, 2.75) is 20.8 Å². The van der Waals surface area contributed by atoms with Gasteiger partial charge in [0.1, 0.15) is 5.69 Å². The number of hydrogen-bond donors (Lipinski definition) is 0. The van der Waals surface area contributed by atoms with E-state index in [1.165, 1.54) is 14.2 Å². The maximum atomic E-state index is 11.4. The van der Waals surface area contributed by atoms with Crippen molar-refractivity contribution >= 4 is 5.97 Å². The number of rotatable bonds is 3. The molecule has 0 N–H and O–H groups in total. The summed E-state index contributed by atoms with van der Waals surface area (Å²) in [5.41, 5.74) is 1.80. The maximum absolute atomic E-state index is 11.4. The summed E-state index contributed by atoms with van der Waals surface area (Å²) in [6.07, 6.45) is 3.50. The van der Waals surface area contributed by atoms with Gasteiger partial charge in [0, 0.05) is 6.20 Å². The molecular formula is C14H19N3O3. The molecule has 2 aromatic rings. The van der Waals surface area contributed by atoms with Gasteiger partial charge < -0.3 is 14.0 Å². The van der Waals surface area contributed by atoms with E-state index in [2.05, 4.69) is 14.7 Å². The molecule has 0 amide bonds. The van der Waals surface area contributed by atoms with Gasteiger partial charge in [0.25, 0.3) is 0 Å². The van der Waals surface area contributed by atoms with Crippen molar-refractivity contribution in [2.24, 2.45) is 0 Å². The first-order chi connectivity index (χ1) is 9.65. The molecule has 2 heterocycles. The molecule has 0 fully saturated rings. The molecule has 20 heavy (non-hydrogen) atoms. The number of aryl methyl sites for hydroxylation is 1. The third-order valence-electron chi connectivity index (χ3n) is 2.42. The zero-order valence-corrected chi connectivity index (χ0v) is 12.4. The van der Waals surface area contributed by atoms with Gasteiger partial charge in [0.15, 0.2) is 5.69 Å². The highest BCUT2D eigenvalue weighted by atomic mass is 16.5. The molecule has 108 valence electrons. The second-order valence-electron chi connectivity index (χ2n) is 3.64. The van der Waals surface area contributed by atoms with Crippen molar-refractivity contribution in [3.05, 3.63) is 36.0 Å². The second-order valence-corrected chi connectivity index (χ2v) is 3.64. The van der Waals surface area contributed by atoms with Gasteiger partial charge in [0.2, 0.25) is 5.88 Å². The van der Waals surface area contributed by atoms with Crippen molar-refractivity contribution in [3.8, 4) is 11.6 Å². The van der Waals surface area contributed by atoms with Crippen LogP contribution in [0, 0.1) is 6.92 Å². The lowest BCUT2D eigenvalue weighted by atomic mass is 10.3. The number of nitrogens with zero attached hydrogens (tertiary/aromatic N) is 3. The monoisotopic (exact) mass is 277 g/mol. The maximum Gasteiger partial charge on any atom is 0.356 e. The molecule has 0 aromatic carbocycles. The van der Waals surface area contributed by atoms with Gasteiger partial charge >= 0.3 is 5.97 Å². The average molecular weight is 277 g/mol. The number of ether oxygens (including phenoxy) is 2. The summed E-state index contributed by atoms with van der Waals surface area (Å²) in [5, 5.41) is 0. The Morgan fingerprint density at radius 2 is 1.95 bits per heavy atom. The first-order valence-corrected chi connectivity index (χ1v) is 6.30. The molecule has 0 saturated carbocycles. The van der Waals surface area contributed by atoms with E-state index in [0.29, 0.717) is 11.6 Å². The molecule has 2 aromatic heterocycles. The van der Waals surface area contributed by atoms with Crippen LogP contribution in [0.4, 0.5) is 0 Å². The summed E-state index contributed by atoms with van der Waals surface area (Å²) in [4.78, 5) is 19.6. The van der Waals surface area contributed by atoms with Crippen molar-refractivity contribution < 1.29 is 14.3 Å². The smallest absolute Gasteiger partial charge is 0.356 e. The third-order valence-corrected chi connectivity index (χ3v) is 2.42. The minimum absolute atomic E-state index is 0.204. The fraction of sp³-hybridized carbons (Fsp3) is 0.357. The van der Waals surface area contributed by atoms with Crippen molar-refractivity contribution in [3.63, 3.8) is 0 Å². The van der Waals surface area contributed by atoms with Crippen LogP contribution in [0.15, 0.2) is 24.7 Å². The molecule has 6 nitrogen and oxygen atoms in total. The normalized spacial score (nSPS) is 9.45. The summed E-state index contributed by atoms with van der Waals surface area (Å²) in [7, 11) is 2.81. The second kappa shape index (κ2) is 7.28. The molecule has 0 saturated heterocycles. The van der Waals surface area contributed by atoms with E-state index in [0.717, 1.165) is 5.69 Å². The van der Waals surface area contributed by atoms with Gasteiger partial charge in [-0.25, -0.2) is 14.8 Å². The predicted molar refractivity (Wildman–Crippen MR) is 75.3 cm³/mol. The van der Waals surface area contributed by atoms with Crippen LogP contribution >= 0.6 is 0 Å². The topological polar surface area (TPSA) is 66.2 Å². The largest absolute Gasteiger partial charge is 0.479 e.